The summed E-state index contributed by atoms with van der Waals surface area (Å²) in [5, 5.41) is 22.9. The predicted molar refractivity (Wildman–Crippen MR) is 158 cm³/mol. The molecule has 14 heteroatoms. The largest absolute Gasteiger partial charge is 0.481 e. The van der Waals surface area contributed by atoms with E-state index >= 15 is 0 Å². The number of benzene rings is 2. The summed E-state index contributed by atoms with van der Waals surface area (Å²) in [5.41, 5.74) is 6.67. The number of hydrogen-bond acceptors (Lipinski definition) is 8. The minimum Gasteiger partial charge on any atom is -0.481 e. The van der Waals surface area contributed by atoms with Crippen LogP contribution in [0.15, 0.2) is 54.6 Å². The summed E-state index contributed by atoms with van der Waals surface area (Å²) in [5.74, 6) is -2.21. The van der Waals surface area contributed by atoms with Crippen molar-refractivity contribution < 1.29 is 37.2 Å². The molecule has 2 amide bonds. The summed E-state index contributed by atoms with van der Waals surface area (Å²) in [7, 11) is -2.27. The summed E-state index contributed by atoms with van der Waals surface area (Å²) in [6.07, 6.45) is 0.715. The first-order valence-corrected chi connectivity index (χ1v) is 14.1. The summed E-state index contributed by atoms with van der Waals surface area (Å²) >= 11 is 0. The maximum atomic E-state index is 13.2. The normalized spacial score (nSPS) is 11.0. The van der Waals surface area contributed by atoms with Gasteiger partial charge >= 0.3 is 5.97 Å². The van der Waals surface area contributed by atoms with E-state index in [9.17, 15) is 27.9 Å². The van der Waals surface area contributed by atoms with Gasteiger partial charge in [0.25, 0.3) is 21.9 Å². The number of carbonyl (C=O) groups excluding carboxylic acids is 2. The van der Waals surface area contributed by atoms with Crippen molar-refractivity contribution in [1.82, 2.24) is 10.3 Å². The number of rotatable bonds is 8. The quantitative estimate of drug-likeness (QED) is 0.126. The first-order valence-electron chi connectivity index (χ1n) is 12.3. The molecule has 0 aliphatic carbocycles. The van der Waals surface area contributed by atoms with Crippen molar-refractivity contribution in [1.29, 1.82) is 5.41 Å². The van der Waals surface area contributed by atoms with Crippen molar-refractivity contribution in [3.63, 3.8) is 0 Å². The topological polar surface area (TPSA) is 222 Å². The fraction of sp³-hybridized carbons (Fsp3) is 0.250. The molecule has 7 N–H and O–H groups in total. The molecule has 0 saturated heterocycles. The van der Waals surface area contributed by atoms with Gasteiger partial charge in [0.05, 0.1) is 18.9 Å². The van der Waals surface area contributed by atoms with Crippen LogP contribution in [0, 0.1) is 10.8 Å². The molecule has 224 valence electrons. The lowest BCUT2D eigenvalue weighted by atomic mass is 9.95. The number of ether oxygens (including phenoxy) is 1. The van der Waals surface area contributed by atoms with Gasteiger partial charge in [-0.05, 0) is 53.4 Å². The number of nitrogen functional groups attached to an aromatic ring is 1. The molecule has 0 saturated carbocycles. The molecular weight excluding hydrogens is 566 g/mol. The highest BCUT2D eigenvalue weighted by atomic mass is 32.2. The third-order valence-electron chi connectivity index (χ3n) is 5.33. The summed E-state index contributed by atoms with van der Waals surface area (Å²) in [4.78, 5) is 42.3. The molecule has 3 aromatic rings. The number of carboxylic acids is 1. The van der Waals surface area contributed by atoms with Crippen LogP contribution in [0.5, 0.6) is 5.88 Å². The monoisotopic (exact) mass is 599 g/mol. The van der Waals surface area contributed by atoms with E-state index in [4.69, 9.17) is 20.4 Å². The minimum atomic E-state index is -3.67. The van der Waals surface area contributed by atoms with Crippen molar-refractivity contribution in [2.45, 2.75) is 20.8 Å². The number of pyridine rings is 1. The van der Waals surface area contributed by atoms with Gasteiger partial charge in [0.1, 0.15) is 11.5 Å². The second-order valence-electron chi connectivity index (χ2n) is 10.2. The van der Waals surface area contributed by atoms with Crippen LogP contribution in [-0.4, -0.2) is 66.6 Å². The average Bonchev–Trinajstić information content (AvgIpc) is 2.90. The van der Waals surface area contributed by atoms with Crippen LogP contribution in [-0.2, 0) is 10.1 Å². The van der Waals surface area contributed by atoms with Crippen LogP contribution in [0.25, 0.3) is 11.1 Å². The van der Waals surface area contributed by atoms with Crippen LogP contribution >= 0.6 is 0 Å². The Balaban J connectivity index is 0.00000113. The Morgan fingerprint density at radius 3 is 2.02 bits per heavy atom. The van der Waals surface area contributed by atoms with E-state index in [0.29, 0.717) is 24.1 Å². The summed E-state index contributed by atoms with van der Waals surface area (Å²) in [6, 6.07) is 13.7. The number of nitrogens with one attached hydrogen (secondary N) is 3. The average molecular weight is 600 g/mol. The molecule has 0 aliphatic rings. The smallest absolute Gasteiger partial charge is 0.336 e. The second-order valence-corrected chi connectivity index (χ2v) is 11.7. The Bertz CT molecular complexity index is 1590. The summed E-state index contributed by atoms with van der Waals surface area (Å²) in [6.45, 7) is 6.33. The maximum Gasteiger partial charge on any atom is 0.336 e. The number of aromatic carboxylic acids is 1. The minimum absolute atomic E-state index is 0.0672. The number of methoxy groups -OCH3 is 1. The van der Waals surface area contributed by atoms with Crippen LogP contribution in [0.2, 0.25) is 0 Å². The van der Waals surface area contributed by atoms with Gasteiger partial charge in [0.2, 0.25) is 5.88 Å². The maximum absolute atomic E-state index is 13.2. The fourth-order valence-corrected chi connectivity index (χ4v) is 3.41. The lowest BCUT2D eigenvalue weighted by Crippen LogP contribution is -2.32. The van der Waals surface area contributed by atoms with E-state index in [1.54, 1.807) is 30.3 Å². The van der Waals surface area contributed by atoms with Crippen molar-refractivity contribution in [2.75, 3.05) is 25.2 Å². The molecule has 1 heterocycles. The predicted octanol–water partition coefficient (Wildman–Crippen LogP) is 3.27. The number of amides is 2. The van der Waals surface area contributed by atoms with E-state index in [2.05, 4.69) is 15.6 Å². The van der Waals surface area contributed by atoms with Crippen molar-refractivity contribution in [3.05, 3.63) is 77.0 Å². The van der Waals surface area contributed by atoms with E-state index in [1.165, 1.54) is 31.4 Å². The van der Waals surface area contributed by atoms with Crippen LogP contribution in [0.4, 0.5) is 5.69 Å². The van der Waals surface area contributed by atoms with Crippen LogP contribution < -0.4 is 21.1 Å². The number of amidine groups is 1. The zero-order chi connectivity index (χ0) is 31.8. The molecular formula is C28H33N5O8S. The lowest BCUT2D eigenvalue weighted by molar-refractivity contribution is 0.0697. The Morgan fingerprint density at radius 1 is 0.976 bits per heavy atom. The molecule has 0 fully saturated rings. The van der Waals surface area contributed by atoms with Gasteiger partial charge < -0.3 is 26.2 Å². The number of carboxylic acid groups (broad SMARTS) is 1. The third-order valence-corrected chi connectivity index (χ3v) is 5.33. The molecule has 0 atom stereocenters. The standard InChI is InChI=1S/C27H29N5O5.CH4O3S/c1-27(2,3)14-30-24(33)16-7-10-18(20(13-16)26(35)36)19-11-12-21(37-4)32-22(19)25(34)31-17-8-5-15(6-9-17)23(28)29;1-5(2,3)4/h5-13H,14H2,1-4H3,(H3,28,29)(H,30,33)(H,31,34)(H,35,36);1H3,(H,2,3,4). The SMILES string of the molecule is COc1ccc(-c2ccc(C(=O)NCC(C)(C)C)cc2C(=O)O)c(C(=O)Nc2ccc(C(=N)N)cc2)n1.CS(=O)(=O)O. The number of aromatic nitrogens is 1. The Labute approximate surface area is 243 Å². The number of nitrogens with zero attached hydrogens (tertiary/aromatic N) is 1. The van der Waals surface area contributed by atoms with Gasteiger partial charge in [-0.15, -0.1) is 0 Å². The molecule has 0 spiro atoms. The highest BCUT2D eigenvalue weighted by molar-refractivity contribution is 7.85. The van der Waals surface area contributed by atoms with Crippen molar-refractivity contribution in [3.8, 4) is 17.0 Å². The first-order chi connectivity index (χ1) is 19.4. The second kappa shape index (κ2) is 13.7. The molecule has 0 aliphatic heterocycles. The molecule has 0 unspecified atom stereocenters. The first kappa shape index (κ1) is 33.4. The molecule has 1 aromatic heterocycles. The highest BCUT2D eigenvalue weighted by Gasteiger charge is 2.23. The van der Waals surface area contributed by atoms with Crippen LogP contribution in [0.1, 0.15) is 57.5 Å². The fourth-order valence-electron chi connectivity index (χ4n) is 3.41. The van der Waals surface area contributed by atoms with Gasteiger partial charge in [0.15, 0.2) is 0 Å². The zero-order valence-electron chi connectivity index (χ0n) is 23.7. The molecule has 2 aromatic carbocycles. The Kier molecular flexibility index (Phi) is 10.9. The van der Waals surface area contributed by atoms with Crippen molar-refractivity contribution in [2.24, 2.45) is 11.1 Å². The van der Waals surface area contributed by atoms with Gasteiger partial charge in [-0.2, -0.15) is 8.42 Å². The number of nitrogens with two attached hydrogens (primary N) is 1. The molecule has 0 radical (unpaired) electrons. The van der Waals surface area contributed by atoms with E-state index < -0.39 is 27.9 Å². The van der Waals surface area contributed by atoms with E-state index in [-0.39, 0.29) is 45.1 Å². The lowest BCUT2D eigenvalue weighted by Gasteiger charge is -2.19. The van der Waals surface area contributed by atoms with Gasteiger partial charge in [-0.1, -0.05) is 26.8 Å². The van der Waals surface area contributed by atoms with Gasteiger partial charge in [0, 0.05) is 35.0 Å². The number of hydrogen-bond donors (Lipinski definition) is 6. The number of carbonyl (C=O) groups is 3. The molecule has 13 nitrogen and oxygen atoms in total. The van der Waals surface area contributed by atoms with Crippen molar-refractivity contribution >= 4 is 39.4 Å². The zero-order valence-corrected chi connectivity index (χ0v) is 24.5. The van der Waals surface area contributed by atoms with Gasteiger partial charge in [-0.25, -0.2) is 9.78 Å². The third kappa shape index (κ3) is 10.3. The Morgan fingerprint density at radius 2 is 1.52 bits per heavy atom. The summed E-state index contributed by atoms with van der Waals surface area (Å²) < 4.78 is 31.0. The van der Waals surface area contributed by atoms with Gasteiger partial charge in [-0.3, -0.25) is 19.6 Å². The van der Waals surface area contributed by atoms with E-state index in [0.717, 1.165) is 0 Å². The molecule has 0 bridgehead atoms. The van der Waals surface area contributed by atoms with Crippen LogP contribution in [0.3, 0.4) is 0 Å². The Hall–Kier alpha value is -4.82. The highest BCUT2D eigenvalue weighted by Crippen LogP contribution is 2.30. The molecule has 42 heavy (non-hydrogen) atoms. The molecule has 3 rings (SSSR count). The number of anilines is 1. The van der Waals surface area contributed by atoms with E-state index in [1.807, 2.05) is 20.8 Å².